The van der Waals surface area contributed by atoms with Gasteiger partial charge >= 0.3 is 0 Å². The predicted molar refractivity (Wildman–Crippen MR) is 93.7 cm³/mol. The SMILES string of the molecule is O=C(CN1C[C@H]2C[C@@H](Oc3cc(F)cc(F)c3)C[C@H]2C1)c1ccc(O)cn1. The van der Waals surface area contributed by atoms with Crippen LogP contribution in [0.1, 0.15) is 23.3 Å². The van der Waals surface area contributed by atoms with Crippen molar-refractivity contribution in [3.63, 3.8) is 0 Å². The van der Waals surface area contributed by atoms with Crippen molar-refractivity contribution in [3.05, 3.63) is 53.9 Å². The number of nitrogens with zero attached hydrogens (tertiary/aromatic N) is 2. The van der Waals surface area contributed by atoms with Gasteiger partial charge in [-0.3, -0.25) is 9.69 Å². The maximum atomic E-state index is 13.3. The van der Waals surface area contributed by atoms with Gasteiger partial charge in [-0.25, -0.2) is 13.8 Å². The molecule has 1 aliphatic heterocycles. The number of rotatable bonds is 5. The van der Waals surface area contributed by atoms with Crippen molar-refractivity contribution in [3.8, 4) is 11.5 Å². The monoisotopic (exact) mass is 374 g/mol. The van der Waals surface area contributed by atoms with Crippen molar-refractivity contribution in [1.29, 1.82) is 0 Å². The molecule has 0 bridgehead atoms. The lowest BCUT2D eigenvalue weighted by Gasteiger charge is -2.19. The van der Waals surface area contributed by atoms with Crippen LogP contribution in [0.15, 0.2) is 36.5 Å². The van der Waals surface area contributed by atoms with E-state index in [1.54, 1.807) is 0 Å². The van der Waals surface area contributed by atoms with E-state index in [1.165, 1.54) is 30.5 Å². The second-order valence-electron chi connectivity index (χ2n) is 7.36. The van der Waals surface area contributed by atoms with E-state index in [0.29, 0.717) is 24.1 Å². The average Bonchev–Trinajstić information content (AvgIpc) is 3.12. The van der Waals surface area contributed by atoms with Gasteiger partial charge in [0.2, 0.25) is 0 Å². The number of ketones is 1. The molecule has 0 radical (unpaired) electrons. The minimum Gasteiger partial charge on any atom is -0.506 e. The van der Waals surface area contributed by atoms with Crippen LogP contribution < -0.4 is 4.74 Å². The molecular formula is C20H20F2N2O3. The van der Waals surface area contributed by atoms with Gasteiger partial charge in [-0.2, -0.15) is 0 Å². The van der Waals surface area contributed by atoms with Crippen LogP contribution in [0.4, 0.5) is 8.78 Å². The summed E-state index contributed by atoms with van der Waals surface area (Å²) in [5.41, 5.74) is 0.346. The van der Waals surface area contributed by atoms with Gasteiger partial charge in [0.15, 0.2) is 5.78 Å². The first-order valence-electron chi connectivity index (χ1n) is 8.99. The molecule has 142 valence electrons. The molecule has 4 rings (SSSR count). The lowest BCUT2D eigenvalue weighted by molar-refractivity contribution is 0.0932. The number of pyridine rings is 1. The molecule has 3 atom stereocenters. The van der Waals surface area contributed by atoms with Crippen molar-refractivity contribution < 1.29 is 23.4 Å². The molecule has 27 heavy (non-hydrogen) atoms. The summed E-state index contributed by atoms with van der Waals surface area (Å²) in [5.74, 6) is -0.276. The largest absolute Gasteiger partial charge is 0.506 e. The summed E-state index contributed by atoms with van der Waals surface area (Å²) in [6.45, 7) is 1.89. The quantitative estimate of drug-likeness (QED) is 0.815. The number of benzene rings is 1. The Balaban J connectivity index is 1.30. The van der Waals surface area contributed by atoms with E-state index in [4.69, 9.17) is 4.74 Å². The highest BCUT2D eigenvalue weighted by atomic mass is 19.1. The van der Waals surface area contributed by atoms with Crippen LogP contribution in [-0.2, 0) is 0 Å². The summed E-state index contributed by atoms with van der Waals surface area (Å²) in [6.07, 6.45) is 2.83. The van der Waals surface area contributed by atoms with Crippen LogP contribution >= 0.6 is 0 Å². The summed E-state index contributed by atoms with van der Waals surface area (Å²) >= 11 is 0. The number of aromatic hydroxyl groups is 1. The van der Waals surface area contributed by atoms with Crippen molar-refractivity contribution in [2.45, 2.75) is 18.9 Å². The predicted octanol–water partition coefficient (Wildman–Crippen LogP) is 3.04. The zero-order chi connectivity index (χ0) is 19.0. The Morgan fingerprint density at radius 2 is 1.81 bits per heavy atom. The summed E-state index contributed by atoms with van der Waals surface area (Å²) in [6, 6.07) is 6.21. The Morgan fingerprint density at radius 3 is 2.41 bits per heavy atom. The number of carbonyl (C=O) groups excluding carboxylic acids is 1. The highest BCUT2D eigenvalue weighted by Crippen LogP contribution is 2.39. The summed E-state index contributed by atoms with van der Waals surface area (Å²) in [4.78, 5) is 18.4. The second kappa shape index (κ2) is 7.23. The Bertz CT molecular complexity index is 809. The van der Waals surface area contributed by atoms with Gasteiger partial charge in [0, 0.05) is 31.3 Å². The Hall–Kier alpha value is -2.54. The number of fused-ring (bicyclic) bond motifs is 1. The average molecular weight is 374 g/mol. The third kappa shape index (κ3) is 4.08. The van der Waals surface area contributed by atoms with Gasteiger partial charge in [0.25, 0.3) is 0 Å². The topological polar surface area (TPSA) is 62.7 Å². The number of ether oxygens (including phenoxy) is 1. The van der Waals surface area contributed by atoms with E-state index >= 15 is 0 Å². The number of hydrogen-bond acceptors (Lipinski definition) is 5. The maximum Gasteiger partial charge on any atom is 0.195 e. The molecule has 1 aromatic heterocycles. The van der Waals surface area contributed by atoms with Crippen LogP contribution in [-0.4, -0.2) is 46.5 Å². The van der Waals surface area contributed by atoms with Gasteiger partial charge in [-0.05, 0) is 36.8 Å². The lowest BCUT2D eigenvalue weighted by atomic mass is 10.0. The fourth-order valence-electron chi connectivity index (χ4n) is 4.19. The van der Waals surface area contributed by atoms with Crippen LogP contribution in [0, 0.1) is 23.5 Å². The minimum absolute atomic E-state index is 0.0338. The van der Waals surface area contributed by atoms with E-state index < -0.39 is 11.6 Å². The maximum absolute atomic E-state index is 13.3. The molecule has 2 heterocycles. The zero-order valence-electron chi connectivity index (χ0n) is 14.6. The molecule has 5 nitrogen and oxygen atoms in total. The summed E-state index contributed by atoms with van der Waals surface area (Å²) in [5, 5.41) is 9.25. The first-order chi connectivity index (χ1) is 13.0. The number of carbonyl (C=O) groups is 1. The number of likely N-dealkylation sites (tertiary alicyclic amines) is 1. The van der Waals surface area contributed by atoms with E-state index in [-0.39, 0.29) is 23.4 Å². The Kier molecular flexibility index (Phi) is 4.78. The second-order valence-corrected chi connectivity index (χ2v) is 7.36. The van der Waals surface area contributed by atoms with Crippen LogP contribution in [0.2, 0.25) is 0 Å². The van der Waals surface area contributed by atoms with Crippen molar-refractivity contribution in [2.75, 3.05) is 19.6 Å². The number of aromatic nitrogens is 1. The highest BCUT2D eigenvalue weighted by Gasteiger charge is 2.42. The molecule has 0 unspecified atom stereocenters. The molecule has 1 saturated heterocycles. The molecule has 2 aliphatic rings. The number of halogens is 2. The van der Waals surface area contributed by atoms with Crippen molar-refractivity contribution in [1.82, 2.24) is 9.88 Å². The number of Topliss-reactive ketones (excluding diaryl/α,β-unsaturated/α-hetero) is 1. The Labute approximate surface area is 155 Å². The molecule has 2 aromatic rings. The number of hydrogen-bond donors (Lipinski definition) is 1. The zero-order valence-corrected chi connectivity index (χ0v) is 14.6. The molecule has 7 heteroatoms. The van der Waals surface area contributed by atoms with Gasteiger partial charge < -0.3 is 9.84 Å². The van der Waals surface area contributed by atoms with Crippen LogP contribution in [0.5, 0.6) is 11.5 Å². The fourth-order valence-corrected chi connectivity index (χ4v) is 4.19. The van der Waals surface area contributed by atoms with Gasteiger partial charge in [-0.15, -0.1) is 0 Å². The smallest absolute Gasteiger partial charge is 0.195 e. The highest BCUT2D eigenvalue weighted by molar-refractivity contribution is 5.95. The summed E-state index contributed by atoms with van der Waals surface area (Å²) in [7, 11) is 0. The molecular weight excluding hydrogens is 354 g/mol. The Morgan fingerprint density at radius 1 is 1.15 bits per heavy atom. The summed E-state index contributed by atoms with van der Waals surface area (Å²) < 4.78 is 32.4. The normalized spacial score (nSPS) is 24.7. The van der Waals surface area contributed by atoms with E-state index in [0.717, 1.165) is 32.0 Å². The fraction of sp³-hybridized carbons (Fsp3) is 0.400. The standard InChI is InChI=1S/C20H20F2N2O3/c21-14-5-15(22)7-18(6-14)27-17-3-12-9-24(10-13(12)4-17)11-20(26)19-2-1-16(25)8-23-19/h1-2,5-8,12-13,17,25H,3-4,9-11H2/t12-,13+,17-. The molecule has 0 spiro atoms. The van der Waals surface area contributed by atoms with Crippen molar-refractivity contribution in [2.24, 2.45) is 11.8 Å². The van der Waals surface area contributed by atoms with E-state index in [9.17, 15) is 18.7 Å². The first kappa shape index (κ1) is 17.9. The minimum atomic E-state index is -0.643. The first-order valence-corrected chi connectivity index (χ1v) is 8.99. The third-order valence-corrected chi connectivity index (χ3v) is 5.32. The van der Waals surface area contributed by atoms with Gasteiger partial charge in [-0.1, -0.05) is 0 Å². The molecule has 1 saturated carbocycles. The van der Waals surface area contributed by atoms with E-state index in [1.807, 2.05) is 0 Å². The molecule has 1 aromatic carbocycles. The van der Waals surface area contributed by atoms with Crippen LogP contribution in [0.25, 0.3) is 0 Å². The van der Waals surface area contributed by atoms with Gasteiger partial charge in [0.1, 0.15) is 28.8 Å². The molecule has 2 fully saturated rings. The van der Waals surface area contributed by atoms with Crippen molar-refractivity contribution >= 4 is 5.78 Å². The molecule has 1 N–H and O–H groups in total. The molecule has 0 amide bonds. The third-order valence-electron chi connectivity index (χ3n) is 5.32. The molecule has 1 aliphatic carbocycles. The van der Waals surface area contributed by atoms with Gasteiger partial charge in [0.05, 0.1) is 18.8 Å². The lowest BCUT2D eigenvalue weighted by Crippen LogP contribution is -2.30. The van der Waals surface area contributed by atoms with E-state index in [2.05, 4.69) is 9.88 Å². The van der Waals surface area contributed by atoms with Crippen LogP contribution in [0.3, 0.4) is 0 Å².